The SMILES string of the molecule is C/C=C/CNc1ncc(Cl)cc1Cl. The van der Waals surface area contributed by atoms with E-state index in [4.69, 9.17) is 23.2 Å². The molecule has 0 aromatic carbocycles. The van der Waals surface area contributed by atoms with Gasteiger partial charge in [0.15, 0.2) is 0 Å². The van der Waals surface area contributed by atoms with Gasteiger partial charge in [-0.2, -0.15) is 0 Å². The Morgan fingerprint density at radius 2 is 2.31 bits per heavy atom. The summed E-state index contributed by atoms with van der Waals surface area (Å²) in [5, 5.41) is 4.13. The Balaban J connectivity index is 2.66. The molecule has 0 spiro atoms. The van der Waals surface area contributed by atoms with Crippen molar-refractivity contribution in [3.05, 3.63) is 34.5 Å². The quantitative estimate of drug-likeness (QED) is 0.785. The van der Waals surface area contributed by atoms with Crippen molar-refractivity contribution in [3.8, 4) is 0 Å². The van der Waals surface area contributed by atoms with Gasteiger partial charge in [-0.3, -0.25) is 0 Å². The minimum absolute atomic E-state index is 0.539. The minimum Gasteiger partial charge on any atom is -0.365 e. The number of rotatable bonds is 3. The van der Waals surface area contributed by atoms with Crippen LogP contribution in [0.5, 0.6) is 0 Å². The molecule has 70 valence electrons. The molecular formula is C9H10Cl2N2. The monoisotopic (exact) mass is 216 g/mol. The Bertz CT molecular complexity index is 310. The lowest BCUT2D eigenvalue weighted by Gasteiger charge is -2.04. The first kappa shape index (κ1) is 10.4. The van der Waals surface area contributed by atoms with Gasteiger partial charge in [-0.05, 0) is 13.0 Å². The molecule has 4 heteroatoms. The van der Waals surface area contributed by atoms with Crippen LogP contribution in [0.4, 0.5) is 5.82 Å². The third-order valence-corrected chi connectivity index (χ3v) is 1.93. The molecule has 0 bridgehead atoms. The molecule has 1 aromatic heterocycles. The third kappa shape index (κ3) is 3.25. The average Bonchev–Trinajstić information content (AvgIpc) is 2.09. The minimum atomic E-state index is 0.539. The van der Waals surface area contributed by atoms with Gasteiger partial charge in [0.2, 0.25) is 0 Å². The van der Waals surface area contributed by atoms with Crippen LogP contribution in [-0.4, -0.2) is 11.5 Å². The van der Waals surface area contributed by atoms with Crippen LogP contribution in [0.25, 0.3) is 0 Å². The van der Waals surface area contributed by atoms with Gasteiger partial charge in [0, 0.05) is 12.7 Å². The molecule has 2 nitrogen and oxygen atoms in total. The van der Waals surface area contributed by atoms with Gasteiger partial charge in [-0.15, -0.1) is 0 Å². The van der Waals surface area contributed by atoms with Crippen molar-refractivity contribution < 1.29 is 0 Å². The highest BCUT2D eigenvalue weighted by atomic mass is 35.5. The van der Waals surface area contributed by atoms with E-state index in [1.54, 1.807) is 12.3 Å². The molecule has 1 aromatic rings. The Morgan fingerprint density at radius 3 is 2.92 bits per heavy atom. The predicted molar refractivity (Wildman–Crippen MR) is 57.6 cm³/mol. The number of aromatic nitrogens is 1. The number of hydrogen-bond acceptors (Lipinski definition) is 2. The molecule has 0 radical (unpaired) electrons. The zero-order valence-electron chi connectivity index (χ0n) is 7.22. The lowest BCUT2D eigenvalue weighted by atomic mass is 10.4. The summed E-state index contributed by atoms with van der Waals surface area (Å²) in [6.45, 7) is 2.67. The molecule has 0 atom stereocenters. The number of halogens is 2. The van der Waals surface area contributed by atoms with Gasteiger partial charge >= 0.3 is 0 Å². The predicted octanol–water partition coefficient (Wildman–Crippen LogP) is 3.38. The van der Waals surface area contributed by atoms with Crippen molar-refractivity contribution in [2.24, 2.45) is 0 Å². The summed E-state index contributed by atoms with van der Waals surface area (Å²) in [7, 11) is 0. The van der Waals surface area contributed by atoms with Crippen molar-refractivity contribution in [1.29, 1.82) is 0 Å². The van der Waals surface area contributed by atoms with Crippen LogP contribution in [0.2, 0.25) is 10.0 Å². The Hall–Kier alpha value is -0.730. The van der Waals surface area contributed by atoms with E-state index >= 15 is 0 Å². The number of nitrogens with one attached hydrogen (secondary N) is 1. The van der Waals surface area contributed by atoms with Crippen LogP contribution >= 0.6 is 23.2 Å². The van der Waals surface area contributed by atoms with E-state index in [1.807, 2.05) is 19.1 Å². The van der Waals surface area contributed by atoms with E-state index in [9.17, 15) is 0 Å². The molecule has 1 N–H and O–H groups in total. The fourth-order valence-electron chi connectivity index (χ4n) is 0.818. The van der Waals surface area contributed by atoms with Crippen molar-refractivity contribution in [2.45, 2.75) is 6.92 Å². The Morgan fingerprint density at radius 1 is 1.54 bits per heavy atom. The highest BCUT2D eigenvalue weighted by Gasteiger charge is 1.99. The number of hydrogen-bond donors (Lipinski definition) is 1. The average molecular weight is 217 g/mol. The fraction of sp³-hybridized carbons (Fsp3) is 0.222. The highest BCUT2D eigenvalue weighted by molar-refractivity contribution is 6.35. The van der Waals surface area contributed by atoms with E-state index in [-0.39, 0.29) is 0 Å². The first-order valence-corrected chi connectivity index (χ1v) is 4.65. The van der Waals surface area contributed by atoms with Crippen LogP contribution in [0.15, 0.2) is 24.4 Å². The zero-order valence-corrected chi connectivity index (χ0v) is 8.73. The Kier molecular flexibility index (Phi) is 4.06. The van der Waals surface area contributed by atoms with E-state index in [1.165, 1.54) is 0 Å². The molecule has 0 saturated heterocycles. The Labute approximate surface area is 87.6 Å². The van der Waals surface area contributed by atoms with E-state index in [2.05, 4.69) is 10.3 Å². The van der Waals surface area contributed by atoms with Crippen molar-refractivity contribution >= 4 is 29.0 Å². The molecule has 1 heterocycles. The molecule has 13 heavy (non-hydrogen) atoms. The summed E-state index contributed by atoms with van der Waals surface area (Å²) in [4.78, 5) is 4.04. The third-order valence-electron chi connectivity index (χ3n) is 1.43. The number of nitrogens with zero attached hydrogens (tertiary/aromatic N) is 1. The van der Waals surface area contributed by atoms with E-state index in [0.717, 1.165) is 0 Å². The van der Waals surface area contributed by atoms with Gasteiger partial charge in [0.05, 0.1) is 10.0 Å². The molecule has 1 rings (SSSR count). The van der Waals surface area contributed by atoms with Crippen LogP contribution in [0.1, 0.15) is 6.92 Å². The number of pyridine rings is 1. The molecular weight excluding hydrogens is 207 g/mol. The molecule has 0 aliphatic rings. The van der Waals surface area contributed by atoms with Crippen molar-refractivity contribution in [2.75, 3.05) is 11.9 Å². The van der Waals surface area contributed by atoms with E-state index in [0.29, 0.717) is 22.4 Å². The summed E-state index contributed by atoms with van der Waals surface area (Å²) in [5.41, 5.74) is 0. The van der Waals surface area contributed by atoms with Gasteiger partial charge in [-0.1, -0.05) is 35.4 Å². The van der Waals surface area contributed by atoms with Crippen LogP contribution in [0.3, 0.4) is 0 Å². The van der Waals surface area contributed by atoms with Gasteiger partial charge in [0.25, 0.3) is 0 Å². The molecule has 0 saturated carbocycles. The molecule has 0 unspecified atom stereocenters. The maximum absolute atomic E-state index is 5.87. The zero-order chi connectivity index (χ0) is 9.68. The smallest absolute Gasteiger partial charge is 0.145 e. The number of allylic oxidation sites excluding steroid dienone is 1. The van der Waals surface area contributed by atoms with Crippen LogP contribution in [-0.2, 0) is 0 Å². The summed E-state index contributed by atoms with van der Waals surface area (Å²) < 4.78 is 0. The maximum atomic E-state index is 5.87. The standard InChI is InChI=1S/C9H10Cl2N2/c1-2-3-4-12-9-8(11)5-7(10)6-13-9/h2-3,5-6H,4H2,1H3,(H,12,13)/b3-2+. The normalized spacial score (nSPS) is 10.7. The summed E-state index contributed by atoms with van der Waals surface area (Å²) in [5.74, 6) is 0.657. The first-order valence-electron chi connectivity index (χ1n) is 3.90. The molecule has 0 aliphatic carbocycles. The fourth-order valence-corrected chi connectivity index (χ4v) is 1.27. The molecule has 0 aliphatic heterocycles. The van der Waals surface area contributed by atoms with Crippen molar-refractivity contribution in [1.82, 2.24) is 4.98 Å². The van der Waals surface area contributed by atoms with Crippen LogP contribution in [0, 0.1) is 0 Å². The number of anilines is 1. The van der Waals surface area contributed by atoms with Crippen molar-refractivity contribution in [3.63, 3.8) is 0 Å². The second kappa shape index (κ2) is 5.10. The van der Waals surface area contributed by atoms with E-state index < -0.39 is 0 Å². The summed E-state index contributed by atoms with van der Waals surface area (Å²) in [6, 6.07) is 1.66. The second-order valence-electron chi connectivity index (χ2n) is 2.43. The van der Waals surface area contributed by atoms with Gasteiger partial charge in [-0.25, -0.2) is 4.98 Å². The topological polar surface area (TPSA) is 24.9 Å². The summed E-state index contributed by atoms with van der Waals surface area (Å²) >= 11 is 11.6. The maximum Gasteiger partial charge on any atom is 0.145 e. The molecule has 0 fully saturated rings. The van der Waals surface area contributed by atoms with Gasteiger partial charge in [0.1, 0.15) is 5.82 Å². The molecule has 0 amide bonds. The lowest BCUT2D eigenvalue weighted by molar-refractivity contribution is 1.22. The first-order chi connectivity index (χ1) is 6.24. The summed E-state index contributed by atoms with van der Waals surface area (Å²) in [6.07, 6.45) is 5.49. The lowest BCUT2D eigenvalue weighted by Crippen LogP contribution is -2.00. The van der Waals surface area contributed by atoms with Crippen LogP contribution < -0.4 is 5.32 Å². The largest absolute Gasteiger partial charge is 0.365 e. The highest BCUT2D eigenvalue weighted by Crippen LogP contribution is 2.21. The second-order valence-corrected chi connectivity index (χ2v) is 3.28. The van der Waals surface area contributed by atoms with Gasteiger partial charge < -0.3 is 5.32 Å².